The van der Waals surface area contributed by atoms with Gasteiger partial charge in [0.2, 0.25) is 11.8 Å². The summed E-state index contributed by atoms with van der Waals surface area (Å²) in [6, 6.07) is -0.138. The molecule has 0 saturated carbocycles. The normalized spacial score (nSPS) is 28.0. The van der Waals surface area contributed by atoms with E-state index in [9.17, 15) is 49.4 Å². The summed E-state index contributed by atoms with van der Waals surface area (Å²) in [4.78, 5) is 72.1. The quantitative estimate of drug-likeness (QED) is 0.0192. The van der Waals surface area contributed by atoms with Crippen molar-refractivity contribution >= 4 is 38.4 Å². The van der Waals surface area contributed by atoms with Crippen molar-refractivity contribution in [1.82, 2.24) is 10.6 Å². The van der Waals surface area contributed by atoms with E-state index in [0.717, 1.165) is 6.42 Å². The molecule has 0 unspecified atom stereocenters. The number of carbonyl (C=O) groups excluding carboxylic acids is 2. The largest absolute Gasteiger partial charge is 0.393 e. The van der Waals surface area contributed by atoms with E-state index >= 15 is 0 Å². The molecule has 2 aliphatic heterocycles. The van der Waals surface area contributed by atoms with Gasteiger partial charge in [-0.05, 0) is 64.2 Å². The van der Waals surface area contributed by atoms with Gasteiger partial charge in [0.05, 0.1) is 49.2 Å². The summed E-state index contributed by atoms with van der Waals surface area (Å²) >= 11 is 0. The zero-order valence-corrected chi connectivity index (χ0v) is 38.3. The third kappa shape index (κ3) is 22.7. The minimum atomic E-state index is -4.38. The molecule has 0 aliphatic carbocycles. The Bertz CT molecular complexity index is 1540. The van der Waals surface area contributed by atoms with E-state index in [1.807, 2.05) is 20.8 Å². The summed E-state index contributed by atoms with van der Waals surface area (Å²) in [6.45, 7) is 9.43. The number of amides is 2. The molecule has 368 valence electrons. The highest BCUT2D eigenvalue weighted by Gasteiger charge is 2.46. The maximum atomic E-state index is 12.8. The molecule has 0 radical (unpaired) electrons. The molecule has 2 rings (SSSR count). The first-order valence-corrected chi connectivity index (χ1v) is 24.5. The Hall–Kier alpha value is -2.22. The number of unbranched alkanes of at least 4 members (excludes halogenated alkanes) is 1. The number of aliphatic hydroxyl groups excluding tert-OH is 6. The number of ether oxygens (including phenoxy) is 4. The lowest BCUT2D eigenvalue weighted by atomic mass is 9.83. The molecule has 2 heterocycles. The summed E-state index contributed by atoms with van der Waals surface area (Å²) in [7, 11) is -8.76. The molecule has 0 bridgehead atoms. The van der Waals surface area contributed by atoms with Gasteiger partial charge in [0, 0.05) is 25.4 Å². The van der Waals surface area contributed by atoms with Crippen molar-refractivity contribution in [1.29, 1.82) is 0 Å². The van der Waals surface area contributed by atoms with Gasteiger partial charge in [-0.1, -0.05) is 31.1 Å². The molecular formula is C37H70N4O20P2. The van der Waals surface area contributed by atoms with Gasteiger partial charge in [0.25, 0.3) is 0 Å². The number of carbonyl (C=O) groups is 2. The molecular weight excluding hydrogens is 882 g/mol. The fraction of sp³-hybridized carbons (Fsp3) is 0.892. The van der Waals surface area contributed by atoms with E-state index in [2.05, 4.69) is 20.9 Å². The third-order valence-corrected chi connectivity index (χ3v) is 11.8. The topological polar surface area (TPSA) is 375 Å². The SMILES string of the molecule is C/C(CCC(=O)N[C@@H](CCCCNC(=O)CC/C(C)=N/OCCO[C@H]1O[C@H](CCP(=O)(O)O)[C@@H](O)[C@H](O)[C@@H]1O)C(C)(C)C)=N/OCCO[C@H]1O[C@H](CCP(=O)(O)O)[C@@H](O)[C@H](O)[C@@H]1O. The fourth-order valence-electron chi connectivity index (χ4n) is 6.35. The van der Waals surface area contributed by atoms with E-state index in [0.29, 0.717) is 43.7 Å². The van der Waals surface area contributed by atoms with Crippen LogP contribution in [0.3, 0.4) is 0 Å². The van der Waals surface area contributed by atoms with Crippen LogP contribution in [0.5, 0.6) is 0 Å². The zero-order chi connectivity index (χ0) is 47.5. The Balaban J connectivity index is 1.62. The van der Waals surface area contributed by atoms with E-state index in [1.165, 1.54) is 0 Å². The number of oxime groups is 2. The second-order valence-corrected chi connectivity index (χ2v) is 20.3. The lowest BCUT2D eigenvalue weighted by molar-refractivity contribution is -0.298. The molecule has 2 amide bonds. The Morgan fingerprint density at radius 2 is 1.06 bits per heavy atom. The smallest absolute Gasteiger partial charge is 0.325 e. The van der Waals surface area contributed by atoms with Gasteiger partial charge in [0.1, 0.15) is 49.8 Å². The second kappa shape index (κ2) is 27.4. The number of hydrogen-bond acceptors (Lipinski definition) is 18. The Morgan fingerprint density at radius 3 is 1.48 bits per heavy atom. The van der Waals surface area contributed by atoms with Crippen LogP contribution in [0.15, 0.2) is 10.3 Å². The maximum Gasteiger partial charge on any atom is 0.325 e. The third-order valence-electron chi connectivity index (χ3n) is 10.2. The van der Waals surface area contributed by atoms with Gasteiger partial charge in [0.15, 0.2) is 12.6 Å². The van der Waals surface area contributed by atoms with Crippen molar-refractivity contribution in [3.63, 3.8) is 0 Å². The second-order valence-electron chi connectivity index (χ2n) is 16.8. The van der Waals surface area contributed by atoms with Gasteiger partial charge < -0.3 is 89.5 Å². The lowest BCUT2D eigenvalue weighted by Crippen LogP contribution is -2.58. The van der Waals surface area contributed by atoms with Gasteiger partial charge >= 0.3 is 15.2 Å². The molecule has 2 fully saturated rings. The molecule has 0 aromatic carbocycles. The van der Waals surface area contributed by atoms with E-state index in [1.54, 1.807) is 13.8 Å². The monoisotopic (exact) mass is 952 g/mol. The first kappa shape index (κ1) is 56.9. The predicted octanol–water partition coefficient (Wildman–Crippen LogP) is -1.07. The Morgan fingerprint density at radius 1 is 0.635 bits per heavy atom. The van der Waals surface area contributed by atoms with Crippen LogP contribution in [0.2, 0.25) is 0 Å². The van der Waals surface area contributed by atoms with Crippen LogP contribution < -0.4 is 10.6 Å². The predicted molar refractivity (Wildman–Crippen MR) is 223 cm³/mol. The van der Waals surface area contributed by atoms with Crippen LogP contribution in [0, 0.1) is 5.41 Å². The van der Waals surface area contributed by atoms with Crippen LogP contribution in [0.4, 0.5) is 0 Å². The summed E-state index contributed by atoms with van der Waals surface area (Å²) in [5.74, 6) is -0.347. The summed E-state index contributed by atoms with van der Waals surface area (Å²) in [5.41, 5.74) is 0.826. The molecule has 0 aromatic rings. The molecule has 26 heteroatoms. The van der Waals surface area contributed by atoms with Crippen LogP contribution in [0.25, 0.3) is 0 Å². The standard InChI is InChI=1S/C37H70N4O20P2/c1-22(40-58-18-16-56-35-33(48)31(46)29(44)24(60-35)13-20-62(50,51)52)9-11-27(42)38-15-7-6-8-26(37(3,4)5)39-28(43)12-10-23(2)41-59-19-17-57-36-34(49)32(47)30(45)25(61-36)14-21-63(53,54)55/h24-26,29-36,44-49H,6-21H2,1-5H3,(H,38,42)(H,39,43)(H2,50,51,52)(H2,53,54,55)/b40-22+,41-23-/t24-,25-,26+,29-,30-,31+,32+,33+,34+,35+,36+/m1/s1. The molecule has 24 nitrogen and oxygen atoms in total. The molecule has 2 aliphatic rings. The van der Waals surface area contributed by atoms with Crippen LogP contribution in [-0.4, -0.2) is 186 Å². The highest BCUT2D eigenvalue weighted by atomic mass is 31.2. The van der Waals surface area contributed by atoms with Crippen molar-refractivity contribution < 1.29 is 97.6 Å². The number of hydrogen-bond donors (Lipinski definition) is 12. The van der Waals surface area contributed by atoms with Crippen molar-refractivity contribution in [2.24, 2.45) is 15.7 Å². The zero-order valence-electron chi connectivity index (χ0n) is 36.5. The van der Waals surface area contributed by atoms with Gasteiger partial charge in [-0.3, -0.25) is 18.7 Å². The van der Waals surface area contributed by atoms with Crippen LogP contribution in [0.1, 0.15) is 92.4 Å². The molecule has 11 atom stereocenters. The first-order chi connectivity index (χ1) is 29.3. The average Bonchev–Trinajstić information content (AvgIpc) is 3.19. The first-order valence-electron chi connectivity index (χ1n) is 20.9. The molecule has 63 heavy (non-hydrogen) atoms. The highest BCUT2D eigenvalue weighted by Crippen LogP contribution is 2.38. The average molecular weight is 953 g/mol. The number of nitrogens with zero attached hydrogens (tertiary/aromatic N) is 2. The van der Waals surface area contributed by atoms with Crippen molar-refractivity contribution in [3.05, 3.63) is 0 Å². The van der Waals surface area contributed by atoms with Gasteiger partial charge in [-0.25, -0.2) is 0 Å². The summed E-state index contributed by atoms with van der Waals surface area (Å²) in [5, 5.41) is 74.6. The minimum Gasteiger partial charge on any atom is -0.393 e. The molecule has 12 N–H and O–H groups in total. The number of aliphatic hydroxyl groups is 6. The number of nitrogens with one attached hydrogen (secondary N) is 2. The Labute approximate surface area is 367 Å². The van der Waals surface area contributed by atoms with Crippen molar-refractivity contribution in [2.45, 2.75) is 160 Å². The maximum absolute atomic E-state index is 12.8. The van der Waals surface area contributed by atoms with Crippen molar-refractivity contribution in [2.75, 3.05) is 45.3 Å². The summed E-state index contributed by atoms with van der Waals surface area (Å²) in [6.07, 6.45) is -13.4. The van der Waals surface area contributed by atoms with Gasteiger partial charge in [-0.15, -0.1) is 0 Å². The van der Waals surface area contributed by atoms with Crippen LogP contribution >= 0.6 is 15.2 Å². The summed E-state index contributed by atoms with van der Waals surface area (Å²) < 4.78 is 44.0. The van der Waals surface area contributed by atoms with E-state index in [4.69, 9.17) is 48.2 Å². The van der Waals surface area contributed by atoms with Gasteiger partial charge in [-0.2, -0.15) is 0 Å². The Kier molecular flexibility index (Phi) is 24.8. The molecule has 2 saturated heterocycles. The lowest BCUT2D eigenvalue weighted by Gasteiger charge is -2.40. The molecule has 0 spiro atoms. The fourth-order valence-corrected chi connectivity index (χ4v) is 7.53. The highest BCUT2D eigenvalue weighted by molar-refractivity contribution is 7.52. The van der Waals surface area contributed by atoms with Crippen LogP contribution in [-0.2, 0) is 47.3 Å². The van der Waals surface area contributed by atoms with Crippen molar-refractivity contribution in [3.8, 4) is 0 Å². The number of rotatable bonds is 28. The van der Waals surface area contributed by atoms with E-state index < -0.39 is 88.9 Å². The molecule has 0 aromatic heterocycles. The minimum absolute atomic E-state index is 0.0804. The van der Waals surface area contributed by atoms with E-state index in [-0.39, 0.29) is 75.4 Å².